The van der Waals surface area contributed by atoms with Gasteiger partial charge in [-0.15, -0.1) is 0 Å². The highest BCUT2D eigenvalue weighted by atomic mass is 16.6. The molecule has 0 spiro atoms. The second-order valence-electron chi connectivity index (χ2n) is 5.86. The molecule has 1 fully saturated rings. The summed E-state index contributed by atoms with van der Waals surface area (Å²) in [5, 5.41) is 12.1. The Labute approximate surface area is 103 Å². The summed E-state index contributed by atoms with van der Waals surface area (Å²) >= 11 is 0. The molecule has 1 amide bonds. The number of carbonyl (C=O) groups excluding carboxylic acids is 1. The summed E-state index contributed by atoms with van der Waals surface area (Å²) in [5.74, 6) is 0.175. The van der Waals surface area contributed by atoms with E-state index in [9.17, 15) is 10.1 Å². The van der Waals surface area contributed by atoms with Gasteiger partial charge in [-0.1, -0.05) is 19.8 Å². The fraction of sp³-hybridized carbons (Fsp3) is 0.846. The van der Waals surface area contributed by atoms with Crippen LogP contribution in [-0.2, 0) is 4.74 Å². The van der Waals surface area contributed by atoms with Crippen molar-refractivity contribution >= 4 is 6.09 Å². The van der Waals surface area contributed by atoms with E-state index in [1.807, 2.05) is 27.7 Å². The van der Waals surface area contributed by atoms with Crippen LogP contribution in [0.4, 0.5) is 4.79 Å². The van der Waals surface area contributed by atoms with E-state index in [0.29, 0.717) is 6.42 Å². The van der Waals surface area contributed by atoms with Crippen LogP contribution in [0.1, 0.15) is 53.4 Å². The zero-order valence-corrected chi connectivity index (χ0v) is 11.2. The van der Waals surface area contributed by atoms with E-state index in [1.54, 1.807) is 0 Å². The van der Waals surface area contributed by atoms with Gasteiger partial charge in [0.05, 0.1) is 6.07 Å². The molecular weight excluding hydrogens is 216 g/mol. The molecule has 1 aliphatic rings. The number of carbonyl (C=O) groups is 1. The summed E-state index contributed by atoms with van der Waals surface area (Å²) in [4.78, 5) is 11.8. The third-order valence-corrected chi connectivity index (χ3v) is 3.22. The third-order valence-electron chi connectivity index (χ3n) is 3.22. The molecular formula is C13H22N2O2. The first-order valence-corrected chi connectivity index (χ1v) is 6.21. The van der Waals surface area contributed by atoms with Crippen molar-refractivity contribution in [1.29, 1.82) is 5.26 Å². The van der Waals surface area contributed by atoms with E-state index in [0.717, 1.165) is 19.3 Å². The summed E-state index contributed by atoms with van der Waals surface area (Å²) in [6.45, 7) is 7.46. The molecule has 4 heteroatoms. The van der Waals surface area contributed by atoms with Gasteiger partial charge in [-0.25, -0.2) is 4.79 Å². The van der Waals surface area contributed by atoms with Crippen molar-refractivity contribution in [3.8, 4) is 6.07 Å². The number of hydrogen-bond donors (Lipinski definition) is 1. The van der Waals surface area contributed by atoms with Crippen molar-refractivity contribution in [3.05, 3.63) is 0 Å². The highest BCUT2D eigenvalue weighted by Crippen LogP contribution is 2.33. The van der Waals surface area contributed by atoms with Gasteiger partial charge in [0.15, 0.2) is 0 Å². The quantitative estimate of drug-likeness (QED) is 0.763. The molecule has 17 heavy (non-hydrogen) atoms. The number of alkyl carbamates (subject to hydrolysis) is 1. The smallest absolute Gasteiger partial charge is 0.408 e. The molecule has 0 aromatic heterocycles. The van der Waals surface area contributed by atoms with Crippen molar-refractivity contribution in [2.24, 2.45) is 5.92 Å². The molecule has 1 rings (SSSR count). The lowest BCUT2D eigenvalue weighted by Gasteiger charge is -2.37. The van der Waals surface area contributed by atoms with E-state index in [2.05, 4.69) is 11.4 Å². The molecule has 0 aliphatic heterocycles. The molecule has 0 bridgehead atoms. The molecule has 0 saturated heterocycles. The van der Waals surface area contributed by atoms with E-state index in [-0.39, 0.29) is 5.92 Å². The first-order valence-electron chi connectivity index (χ1n) is 6.21. The lowest BCUT2D eigenvalue weighted by Crippen LogP contribution is -2.54. The maximum atomic E-state index is 11.8. The fourth-order valence-corrected chi connectivity index (χ4v) is 2.21. The fourth-order valence-electron chi connectivity index (χ4n) is 2.21. The average Bonchev–Trinajstić information content (AvgIpc) is 2.19. The minimum Gasteiger partial charge on any atom is -0.444 e. The Morgan fingerprint density at radius 2 is 2.12 bits per heavy atom. The van der Waals surface area contributed by atoms with Crippen LogP contribution in [-0.4, -0.2) is 17.2 Å². The van der Waals surface area contributed by atoms with Crippen molar-refractivity contribution in [2.45, 2.75) is 64.5 Å². The van der Waals surface area contributed by atoms with Gasteiger partial charge in [-0.2, -0.15) is 5.26 Å². The maximum absolute atomic E-state index is 11.8. The highest BCUT2D eigenvalue weighted by Gasteiger charge is 2.40. The van der Waals surface area contributed by atoms with Gasteiger partial charge >= 0.3 is 6.09 Å². The SMILES string of the molecule is C[C@@H]1CCCC[C@]1(C#N)NC(=O)OC(C)(C)C. The number of rotatable bonds is 1. The summed E-state index contributed by atoms with van der Waals surface area (Å²) in [6.07, 6.45) is 3.30. The van der Waals surface area contributed by atoms with Crippen LogP contribution >= 0.6 is 0 Å². The van der Waals surface area contributed by atoms with Crippen LogP contribution in [0.2, 0.25) is 0 Å². The van der Waals surface area contributed by atoms with Crippen molar-refractivity contribution in [2.75, 3.05) is 0 Å². The molecule has 0 aromatic carbocycles. The molecule has 0 aromatic rings. The standard InChI is InChI=1S/C13H22N2O2/c1-10-7-5-6-8-13(10,9-14)15-11(16)17-12(2,3)4/h10H,5-8H2,1-4H3,(H,15,16)/t10-,13-/m1/s1. The van der Waals surface area contributed by atoms with Gasteiger partial charge in [0.25, 0.3) is 0 Å². The maximum Gasteiger partial charge on any atom is 0.408 e. The molecule has 96 valence electrons. The minimum atomic E-state index is -0.749. The Balaban J connectivity index is 2.69. The van der Waals surface area contributed by atoms with Gasteiger partial charge in [-0.05, 0) is 39.5 Å². The molecule has 1 aliphatic carbocycles. The normalized spacial score (nSPS) is 29.2. The molecule has 0 heterocycles. The Hall–Kier alpha value is -1.24. The summed E-state index contributed by atoms with van der Waals surface area (Å²) in [7, 11) is 0. The van der Waals surface area contributed by atoms with E-state index in [1.165, 1.54) is 0 Å². The summed E-state index contributed by atoms with van der Waals surface area (Å²) in [6, 6.07) is 2.27. The Bertz CT molecular complexity index is 327. The Morgan fingerprint density at radius 3 is 2.59 bits per heavy atom. The first kappa shape index (κ1) is 13.8. The van der Waals surface area contributed by atoms with Gasteiger partial charge in [0, 0.05) is 0 Å². The van der Waals surface area contributed by atoms with E-state index in [4.69, 9.17) is 4.74 Å². The Kier molecular flexibility index (Phi) is 4.03. The first-order chi connectivity index (χ1) is 7.79. The number of hydrogen-bond acceptors (Lipinski definition) is 3. The van der Waals surface area contributed by atoms with Crippen LogP contribution in [0.5, 0.6) is 0 Å². The zero-order chi connectivity index (χ0) is 13.1. The van der Waals surface area contributed by atoms with Crippen molar-refractivity contribution in [3.63, 3.8) is 0 Å². The van der Waals surface area contributed by atoms with Gasteiger partial charge in [-0.3, -0.25) is 0 Å². The van der Waals surface area contributed by atoms with E-state index < -0.39 is 17.2 Å². The van der Waals surface area contributed by atoms with Gasteiger partial charge in [0.2, 0.25) is 0 Å². The number of nitriles is 1. The van der Waals surface area contributed by atoms with Gasteiger partial charge in [0.1, 0.15) is 11.1 Å². The molecule has 0 unspecified atom stereocenters. The van der Waals surface area contributed by atoms with Crippen molar-refractivity contribution < 1.29 is 9.53 Å². The molecule has 0 radical (unpaired) electrons. The average molecular weight is 238 g/mol. The van der Waals surface area contributed by atoms with Crippen LogP contribution in [0, 0.1) is 17.2 Å². The summed E-state index contributed by atoms with van der Waals surface area (Å²) < 4.78 is 5.21. The lowest BCUT2D eigenvalue weighted by molar-refractivity contribution is 0.0426. The number of amides is 1. The third kappa shape index (κ3) is 3.62. The largest absolute Gasteiger partial charge is 0.444 e. The topological polar surface area (TPSA) is 62.1 Å². The second-order valence-corrected chi connectivity index (χ2v) is 5.86. The number of ether oxygens (including phenoxy) is 1. The number of nitrogens with one attached hydrogen (secondary N) is 1. The predicted octanol–water partition coefficient (Wildman–Crippen LogP) is 2.98. The second kappa shape index (κ2) is 4.95. The summed E-state index contributed by atoms with van der Waals surface area (Å²) in [5.41, 5.74) is -1.28. The van der Waals surface area contributed by atoms with Crippen LogP contribution in [0.15, 0.2) is 0 Å². The van der Waals surface area contributed by atoms with Crippen molar-refractivity contribution in [1.82, 2.24) is 5.32 Å². The van der Waals surface area contributed by atoms with Crippen LogP contribution in [0.25, 0.3) is 0 Å². The predicted molar refractivity (Wildman–Crippen MR) is 65.3 cm³/mol. The molecule has 1 saturated carbocycles. The Morgan fingerprint density at radius 1 is 1.47 bits per heavy atom. The molecule has 4 nitrogen and oxygen atoms in total. The van der Waals surface area contributed by atoms with Crippen LogP contribution in [0.3, 0.4) is 0 Å². The highest BCUT2D eigenvalue weighted by molar-refractivity contribution is 5.69. The molecule has 2 atom stereocenters. The monoisotopic (exact) mass is 238 g/mol. The lowest BCUT2D eigenvalue weighted by atomic mass is 9.74. The number of nitrogens with zero attached hydrogens (tertiary/aromatic N) is 1. The van der Waals surface area contributed by atoms with Crippen LogP contribution < -0.4 is 5.32 Å². The zero-order valence-electron chi connectivity index (χ0n) is 11.2. The minimum absolute atomic E-state index is 0.175. The molecule has 1 N–H and O–H groups in total. The van der Waals surface area contributed by atoms with Gasteiger partial charge < -0.3 is 10.1 Å². The van der Waals surface area contributed by atoms with E-state index >= 15 is 0 Å².